The Morgan fingerprint density at radius 1 is 1.16 bits per heavy atom. The largest absolute Gasteiger partial charge is 0.462 e. The smallest absolute Gasteiger partial charge is 0.338 e. The molecular weight excluding hydrogens is 336 g/mol. The first-order valence-corrected chi connectivity index (χ1v) is 8.59. The Bertz CT molecular complexity index is 768. The molecule has 130 valence electrons. The number of carbonyl (C=O) groups is 1. The molecule has 0 aliphatic heterocycles. The predicted molar refractivity (Wildman–Crippen MR) is 103 cm³/mol. The monoisotopic (exact) mass is 356 g/mol. The van der Waals surface area contributed by atoms with Crippen molar-refractivity contribution in [2.75, 3.05) is 6.61 Å². The van der Waals surface area contributed by atoms with Crippen molar-refractivity contribution in [3.63, 3.8) is 0 Å². The van der Waals surface area contributed by atoms with E-state index in [1.165, 1.54) is 0 Å². The van der Waals surface area contributed by atoms with Crippen LogP contribution in [0.4, 0.5) is 0 Å². The fraction of sp³-hybridized carbons (Fsp3) is 0.250. The lowest BCUT2D eigenvalue weighted by Crippen LogP contribution is -2.06. The highest BCUT2D eigenvalue weighted by Crippen LogP contribution is 2.15. The van der Waals surface area contributed by atoms with Gasteiger partial charge in [-0.25, -0.2) is 4.79 Å². The molecule has 0 aromatic heterocycles. The van der Waals surface area contributed by atoms with Gasteiger partial charge >= 0.3 is 5.97 Å². The van der Waals surface area contributed by atoms with Crippen LogP contribution in [0, 0.1) is 0 Å². The molecule has 0 spiro atoms. The van der Waals surface area contributed by atoms with E-state index in [1.807, 2.05) is 31.2 Å². The molecule has 0 amide bonds. The van der Waals surface area contributed by atoms with Crippen molar-refractivity contribution in [2.24, 2.45) is 10.2 Å². The summed E-state index contributed by atoms with van der Waals surface area (Å²) in [7, 11) is 0. The summed E-state index contributed by atoms with van der Waals surface area (Å²) in [5, 5.41) is 8.89. The third-order valence-corrected chi connectivity index (χ3v) is 3.89. The number of rotatable bonds is 7. The Kier molecular flexibility index (Phi) is 7.36. The SMILES string of the molecule is CCCCOC(=O)c1ccc(C=NN=C(C)c2ccccc2Cl)cc1. The number of unbranched alkanes of at least 4 members (excludes halogenated alkanes) is 1. The van der Waals surface area contributed by atoms with Crippen LogP contribution in [0.1, 0.15) is 48.2 Å². The summed E-state index contributed by atoms with van der Waals surface area (Å²) < 4.78 is 5.17. The average molecular weight is 357 g/mol. The van der Waals surface area contributed by atoms with Crippen LogP contribution < -0.4 is 0 Å². The maximum Gasteiger partial charge on any atom is 0.338 e. The van der Waals surface area contributed by atoms with E-state index < -0.39 is 0 Å². The van der Waals surface area contributed by atoms with Gasteiger partial charge in [0, 0.05) is 10.6 Å². The van der Waals surface area contributed by atoms with Crippen molar-refractivity contribution < 1.29 is 9.53 Å². The number of nitrogens with zero attached hydrogens (tertiary/aromatic N) is 2. The summed E-state index contributed by atoms with van der Waals surface area (Å²) in [6.07, 6.45) is 3.50. The van der Waals surface area contributed by atoms with Crippen LogP contribution in [-0.2, 0) is 4.74 Å². The van der Waals surface area contributed by atoms with Crippen LogP contribution in [0.25, 0.3) is 0 Å². The number of ether oxygens (including phenoxy) is 1. The molecule has 0 aliphatic rings. The molecule has 5 heteroatoms. The maximum absolute atomic E-state index is 11.8. The molecule has 25 heavy (non-hydrogen) atoms. The molecular formula is C20H21ClN2O2. The molecule has 0 saturated carbocycles. The van der Waals surface area contributed by atoms with Gasteiger partial charge < -0.3 is 4.74 Å². The first-order chi connectivity index (χ1) is 12.1. The molecule has 0 radical (unpaired) electrons. The molecule has 0 fully saturated rings. The van der Waals surface area contributed by atoms with E-state index >= 15 is 0 Å². The summed E-state index contributed by atoms with van der Waals surface area (Å²) in [4.78, 5) is 11.8. The van der Waals surface area contributed by atoms with Gasteiger partial charge in [-0.1, -0.05) is 55.3 Å². The number of carbonyl (C=O) groups excluding carboxylic acids is 1. The fourth-order valence-corrected chi connectivity index (χ4v) is 2.36. The van der Waals surface area contributed by atoms with Crippen molar-refractivity contribution in [3.8, 4) is 0 Å². The van der Waals surface area contributed by atoms with Gasteiger partial charge in [0.2, 0.25) is 0 Å². The van der Waals surface area contributed by atoms with E-state index in [9.17, 15) is 4.79 Å². The van der Waals surface area contributed by atoms with Gasteiger partial charge in [-0.15, -0.1) is 0 Å². The Labute approximate surface area is 153 Å². The second kappa shape index (κ2) is 9.74. The predicted octanol–water partition coefficient (Wildman–Crippen LogP) is 5.14. The zero-order chi connectivity index (χ0) is 18.1. The molecule has 0 unspecified atom stereocenters. The summed E-state index contributed by atoms with van der Waals surface area (Å²) in [5.74, 6) is -0.301. The minimum absolute atomic E-state index is 0.301. The lowest BCUT2D eigenvalue weighted by molar-refractivity contribution is 0.0500. The second-order valence-electron chi connectivity index (χ2n) is 5.52. The summed E-state index contributed by atoms with van der Waals surface area (Å²) in [5.41, 5.74) is 2.97. The van der Waals surface area contributed by atoms with Crippen molar-refractivity contribution >= 4 is 29.5 Å². The number of esters is 1. The van der Waals surface area contributed by atoms with Crippen LogP contribution in [0.15, 0.2) is 58.7 Å². The summed E-state index contributed by atoms with van der Waals surface area (Å²) >= 11 is 6.13. The van der Waals surface area contributed by atoms with Crippen molar-refractivity contribution in [1.29, 1.82) is 0 Å². The second-order valence-corrected chi connectivity index (χ2v) is 5.93. The van der Waals surface area contributed by atoms with E-state index in [4.69, 9.17) is 16.3 Å². The van der Waals surface area contributed by atoms with Gasteiger partial charge in [0.1, 0.15) is 0 Å². The third-order valence-electron chi connectivity index (χ3n) is 3.56. The Morgan fingerprint density at radius 2 is 1.88 bits per heavy atom. The highest BCUT2D eigenvalue weighted by Gasteiger charge is 2.06. The molecule has 0 N–H and O–H groups in total. The first kappa shape index (κ1) is 18.9. The summed E-state index contributed by atoms with van der Waals surface area (Å²) in [6.45, 7) is 4.36. The van der Waals surface area contributed by atoms with E-state index in [0.29, 0.717) is 17.2 Å². The van der Waals surface area contributed by atoms with E-state index in [0.717, 1.165) is 29.7 Å². The normalized spacial score (nSPS) is 11.7. The molecule has 0 bridgehead atoms. The van der Waals surface area contributed by atoms with Crippen LogP contribution in [0.2, 0.25) is 5.02 Å². The lowest BCUT2D eigenvalue weighted by Gasteiger charge is -2.03. The van der Waals surface area contributed by atoms with Crippen molar-refractivity contribution in [3.05, 3.63) is 70.2 Å². The zero-order valence-electron chi connectivity index (χ0n) is 14.4. The minimum atomic E-state index is -0.301. The molecule has 2 aromatic rings. The van der Waals surface area contributed by atoms with Crippen LogP contribution in [-0.4, -0.2) is 24.5 Å². The fourth-order valence-electron chi connectivity index (χ4n) is 2.09. The number of benzene rings is 2. The standard InChI is InChI=1S/C20H21ClN2O2/c1-3-4-13-25-20(24)17-11-9-16(10-12-17)14-22-23-15(2)18-7-5-6-8-19(18)21/h5-12,14H,3-4,13H2,1-2H3. The quantitative estimate of drug-likeness (QED) is 0.298. The maximum atomic E-state index is 11.8. The van der Waals surface area contributed by atoms with Crippen LogP contribution >= 0.6 is 11.6 Å². The van der Waals surface area contributed by atoms with Crippen molar-refractivity contribution in [1.82, 2.24) is 0 Å². The Morgan fingerprint density at radius 3 is 2.56 bits per heavy atom. The molecule has 0 saturated heterocycles. The lowest BCUT2D eigenvalue weighted by atomic mass is 10.1. The number of hydrogen-bond donors (Lipinski definition) is 0. The number of hydrogen-bond acceptors (Lipinski definition) is 4. The summed E-state index contributed by atoms with van der Waals surface area (Å²) in [6, 6.07) is 14.5. The van der Waals surface area contributed by atoms with E-state index in [2.05, 4.69) is 17.1 Å². The van der Waals surface area contributed by atoms with Gasteiger partial charge in [0.25, 0.3) is 0 Å². The van der Waals surface area contributed by atoms with Gasteiger partial charge in [-0.2, -0.15) is 10.2 Å². The topological polar surface area (TPSA) is 51.0 Å². The molecule has 2 rings (SSSR count). The molecule has 4 nitrogen and oxygen atoms in total. The van der Waals surface area contributed by atoms with Crippen LogP contribution in [0.3, 0.4) is 0 Å². The van der Waals surface area contributed by atoms with Crippen LogP contribution in [0.5, 0.6) is 0 Å². The zero-order valence-corrected chi connectivity index (χ0v) is 15.2. The van der Waals surface area contributed by atoms with Gasteiger partial charge in [-0.05, 0) is 37.1 Å². The molecule has 0 heterocycles. The molecule has 0 aliphatic carbocycles. The van der Waals surface area contributed by atoms with E-state index in [-0.39, 0.29) is 5.97 Å². The third kappa shape index (κ3) is 5.84. The first-order valence-electron chi connectivity index (χ1n) is 8.21. The Balaban J connectivity index is 1.99. The van der Waals surface area contributed by atoms with E-state index in [1.54, 1.807) is 30.5 Å². The van der Waals surface area contributed by atoms with Gasteiger partial charge in [0.15, 0.2) is 0 Å². The minimum Gasteiger partial charge on any atom is -0.462 e. The highest BCUT2D eigenvalue weighted by atomic mass is 35.5. The van der Waals surface area contributed by atoms with Gasteiger partial charge in [0.05, 0.1) is 24.1 Å². The molecule has 2 aromatic carbocycles. The number of halogens is 1. The average Bonchev–Trinajstić information content (AvgIpc) is 2.62. The van der Waals surface area contributed by atoms with Gasteiger partial charge in [-0.3, -0.25) is 0 Å². The van der Waals surface area contributed by atoms with Crippen molar-refractivity contribution in [2.45, 2.75) is 26.7 Å². The molecule has 0 atom stereocenters. The highest BCUT2D eigenvalue weighted by molar-refractivity contribution is 6.34. The Hall–Kier alpha value is -2.46.